The second kappa shape index (κ2) is 5.08. The zero-order valence-corrected chi connectivity index (χ0v) is 10.9. The zero-order chi connectivity index (χ0) is 14.8. The molecule has 8 nitrogen and oxygen atoms in total. The minimum atomic E-state index is -0.720. The lowest BCUT2D eigenvalue weighted by Gasteiger charge is -2.08. The molecule has 8 heteroatoms. The molecule has 0 saturated heterocycles. The van der Waals surface area contributed by atoms with Gasteiger partial charge in [0.25, 0.3) is 0 Å². The first-order valence-electron chi connectivity index (χ1n) is 5.97. The van der Waals surface area contributed by atoms with Gasteiger partial charge in [-0.3, -0.25) is 4.98 Å². The van der Waals surface area contributed by atoms with Gasteiger partial charge in [-0.25, -0.2) is 19.6 Å². The number of nitrogens with one attached hydrogen (secondary N) is 2. The van der Waals surface area contributed by atoms with Crippen LogP contribution in [0.1, 0.15) is 10.5 Å². The van der Waals surface area contributed by atoms with Gasteiger partial charge in [0.15, 0.2) is 22.8 Å². The maximum absolute atomic E-state index is 12.2. The number of H-pyrrole nitrogens is 2. The number of methoxy groups -OCH3 is 1. The van der Waals surface area contributed by atoms with Gasteiger partial charge in [-0.05, 0) is 12.1 Å². The smallest absolute Gasteiger partial charge is 0.364 e. The van der Waals surface area contributed by atoms with E-state index in [2.05, 4.69) is 19.9 Å². The number of fused-ring (bicyclic) bond motifs is 1. The topological polar surface area (TPSA) is 110 Å². The molecule has 0 saturated carbocycles. The van der Waals surface area contributed by atoms with Crippen molar-refractivity contribution in [3.63, 3.8) is 0 Å². The number of carbonyl (C=O) groups excluding carboxylic acids is 1. The van der Waals surface area contributed by atoms with E-state index in [0.29, 0.717) is 5.75 Å². The molecule has 3 aromatic rings. The Morgan fingerprint density at radius 1 is 1.14 bits per heavy atom. The number of aromatic amines is 2. The molecule has 0 radical (unpaired) electrons. The van der Waals surface area contributed by atoms with Gasteiger partial charge < -0.3 is 14.5 Å². The fraction of sp³-hybridized carbons (Fsp3) is 0.0769. The van der Waals surface area contributed by atoms with Crippen molar-refractivity contribution in [3.8, 4) is 11.5 Å². The van der Waals surface area contributed by atoms with Crippen molar-refractivity contribution in [1.82, 2.24) is 19.9 Å². The van der Waals surface area contributed by atoms with Crippen molar-refractivity contribution in [2.24, 2.45) is 0 Å². The lowest BCUT2D eigenvalue weighted by atomic mass is 10.3. The Kier molecular flexibility index (Phi) is 3.11. The number of benzene rings is 1. The van der Waals surface area contributed by atoms with Gasteiger partial charge in [-0.15, -0.1) is 0 Å². The number of para-hydroxylation sites is 2. The first kappa shape index (κ1) is 12.9. The number of hydrogen-bond acceptors (Lipinski definition) is 6. The van der Waals surface area contributed by atoms with Gasteiger partial charge in [0.1, 0.15) is 11.8 Å². The molecule has 2 heterocycles. The standard InChI is InChI=1S/C13H10N4O4/c1-20-7-4-2-3-5-8(7)21-12(18)10-9-11(15-6-14-10)17-13(19)16-9/h2-6H,1H3,(H2,14,15,16,17,19). The van der Waals surface area contributed by atoms with Crippen LogP contribution in [-0.4, -0.2) is 33.0 Å². The molecule has 0 aliphatic rings. The minimum absolute atomic E-state index is 0.0377. The summed E-state index contributed by atoms with van der Waals surface area (Å²) in [6.07, 6.45) is 1.17. The number of carbonyl (C=O) groups is 1. The maximum atomic E-state index is 12.2. The monoisotopic (exact) mass is 286 g/mol. The van der Waals surface area contributed by atoms with E-state index < -0.39 is 11.7 Å². The van der Waals surface area contributed by atoms with Crippen LogP contribution in [0.3, 0.4) is 0 Å². The third kappa shape index (κ3) is 2.34. The fourth-order valence-electron chi connectivity index (χ4n) is 1.86. The van der Waals surface area contributed by atoms with Crippen molar-refractivity contribution in [3.05, 3.63) is 46.8 Å². The molecule has 2 aromatic heterocycles. The summed E-state index contributed by atoms with van der Waals surface area (Å²) in [5.41, 5.74) is -0.0783. The van der Waals surface area contributed by atoms with E-state index >= 15 is 0 Å². The summed E-state index contributed by atoms with van der Waals surface area (Å²) in [5.74, 6) is -0.0458. The van der Waals surface area contributed by atoms with Gasteiger partial charge in [0.05, 0.1) is 7.11 Å². The Morgan fingerprint density at radius 3 is 2.67 bits per heavy atom. The van der Waals surface area contributed by atoms with Gasteiger partial charge in [0, 0.05) is 0 Å². The lowest BCUT2D eigenvalue weighted by molar-refractivity contribution is 0.0725. The largest absolute Gasteiger partial charge is 0.493 e. The highest BCUT2D eigenvalue weighted by molar-refractivity contribution is 5.99. The van der Waals surface area contributed by atoms with Crippen LogP contribution in [0.25, 0.3) is 11.2 Å². The van der Waals surface area contributed by atoms with E-state index in [1.54, 1.807) is 24.3 Å². The Balaban J connectivity index is 1.99. The second-order valence-electron chi connectivity index (χ2n) is 4.07. The van der Waals surface area contributed by atoms with Crippen LogP contribution in [0.5, 0.6) is 11.5 Å². The number of rotatable bonds is 3. The Labute approximate surface area is 117 Å². The molecule has 0 bridgehead atoms. The summed E-state index contributed by atoms with van der Waals surface area (Å²) >= 11 is 0. The molecule has 21 heavy (non-hydrogen) atoms. The van der Waals surface area contributed by atoms with E-state index in [-0.39, 0.29) is 22.6 Å². The van der Waals surface area contributed by atoms with Crippen LogP contribution in [0.2, 0.25) is 0 Å². The van der Waals surface area contributed by atoms with E-state index in [0.717, 1.165) is 0 Å². The van der Waals surface area contributed by atoms with E-state index in [9.17, 15) is 9.59 Å². The number of hydrogen-bond donors (Lipinski definition) is 2. The molecular formula is C13H10N4O4. The summed E-state index contributed by atoms with van der Waals surface area (Å²) in [4.78, 5) is 36.1. The molecule has 1 aromatic carbocycles. The number of nitrogens with zero attached hydrogens (tertiary/aromatic N) is 2. The van der Waals surface area contributed by atoms with Crippen molar-refractivity contribution in [2.45, 2.75) is 0 Å². The van der Waals surface area contributed by atoms with Crippen LogP contribution >= 0.6 is 0 Å². The molecule has 0 fully saturated rings. The molecule has 0 aliphatic carbocycles. The summed E-state index contributed by atoms with van der Waals surface area (Å²) in [6.45, 7) is 0. The highest BCUT2D eigenvalue weighted by atomic mass is 16.6. The lowest BCUT2D eigenvalue weighted by Crippen LogP contribution is -2.12. The molecule has 2 N–H and O–H groups in total. The van der Waals surface area contributed by atoms with Crippen molar-refractivity contribution in [1.29, 1.82) is 0 Å². The zero-order valence-electron chi connectivity index (χ0n) is 10.9. The summed E-state index contributed by atoms with van der Waals surface area (Å²) in [7, 11) is 1.47. The summed E-state index contributed by atoms with van der Waals surface area (Å²) < 4.78 is 10.3. The average Bonchev–Trinajstić information content (AvgIpc) is 2.87. The minimum Gasteiger partial charge on any atom is -0.493 e. The SMILES string of the molecule is COc1ccccc1OC(=O)c1ncnc2[nH]c(=O)[nH]c12. The van der Waals surface area contributed by atoms with Crippen LogP contribution in [-0.2, 0) is 0 Å². The van der Waals surface area contributed by atoms with Crippen LogP contribution in [0.4, 0.5) is 0 Å². The van der Waals surface area contributed by atoms with Crippen molar-refractivity contribution < 1.29 is 14.3 Å². The quantitative estimate of drug-likeness (QED) is 0.546. The van der Waals surface area contributed by atoms with E-state index in [1.807, 2.05) is 0 Å². The molecular weight excluding hydrogens is 276 g/mol. The van der Waals surface area contributed by atoms with Crippen LogP contribution in [0, 0.1) is 0 Å². The van der Waals surface area contributed by atoms with Crippen LogP contribution < -0.4 is 15.2 Å². The fourth-order valence-corrected chi connectivity index (χ4v) is 1.86. The number of ether oxygens (including phenoxy) is 2. The Hall–Kier alpha value is -3.16. The number of aromatic nitrogens is 4. The number of imidazole rings is 1. The van der Waals surface area contributed by atoms with Crippen molar-refractivity contribution >= 4 is 17.1 Å². The van der Waals surface area contributed by atoms with Gasteiger partial charge in [-0.2, -0.15) is 0 Å². The third-order valence-electron chi connectivity index (χ3n) is 2.78. The summed E-state index contributed by atoms with van der Waals surface area (Å²) in [5, 5.41) is 0. The Morgan fingerprint density at radius 2 is 1.90 bits per heavy atom. The van der Waals surface area contributed by atoms with Crippen LogP contribution in [0.15, 0.2) is 35.4 Å². The highest BCUT2D eigenvalue weighted by Gasteiger charge is 2.18. The normalized spacial score (nSPS) is 10.5. The number of esters is 1. The predicted octanol–water partition coefficient (Wildman–Crippen LogP) is 0.874. The maximum Gasteiger partial charge on any atom is 0.364 e. The van der Waals surface area contributed by atoms with Crippen molar-refractivity contribution in [2.75, 3.05) is 7.11 Å². The first-order chi connectivity index (χ1) is 10.2. The summed E-state index contributed by atoms with van der Waals surface area (Å²) in [6, 6.07) is 6.72. The van der Waals surface area contributed by atoms with Gasteiger partial charge >= 0.3 is 11.7 Å². The molecule has 0 unspecified atom stereocenters. The average molecular weight is 286 g/mol. The second-order valence-corrected chi connectivity index (χ2v) is 4.07. The van der Waals surface area contributed by atoms with Gasteiger partial charge in [0.2, 0.25) is 0 Å². The van der Waals surface area contributed by atoms with E-state index in [4.69, 9.17) is 9.47 Å². The molecule has 3 rings (SSSR count). The molecule has 0 spiro atoms. The molecule has 106 valence electrons. The first-order valence-corrected chi connectivity index (χ1v) is 5.97. The van der Waals surface area contributed by atoms with E-state index in [1.165, 1.54) is 13.4 Å². The predicted molar refractivity (Wildman–Crippen MR) is 72.5 cm³/mol. The molecule has 0 amide bonds. The molecule has 0 atom stereocenters. The Bertz CT molecular complexity index is 868. The third-order valence-corrected chi connectivity index (χ3v) is 2.78. The van der Waals surface area contributed by atoms with Gasteiger partial charge in [-0.1, -0.05) is 12.1 Å². The molecule has 0 aliphatic heterocycles. The highest BCUT2D eigenvalue weighted by Crippen LogP contribution is 2.26.